The summed E-state index contributed by atoms with van der Waals surface area (Å²) in [6, 6.07) is 4.31. The molecule has 0 radical (unpaired) electrons. The van der Waals surface area contributed by atoms with E-state index in [4.69, 9.17) is 5.73 Å². The van der Waals surface area contributed by atoms with Crippen LogP contribution in [0.4, 0.5) is 5.69 Å². The van der Waals surface area contributed by atoms with Gasteiger partial charge in [0, 0.05) is 17.4 Å². The van der Waals surface area contributed by atoms with E-state index in [1.54, 1.807) is 0 Å². The molecule has 0 saturated carbocycles. The summed E-state index contributed by atoms with van der Waals surface area (Å²) in [5.74, 6) is -0.609. The van der Waals surface area contributed by atoms with Gasteiger partial charge in [-0.15, -0.1) is 0 Å². The van der Waals surface area contributed by atoms with Crippen LogP contribution < -0.4 is 10.5 Å². The Balaban J connectivity index is 3.14. The van der Waals surface area contributed by atoms with Gasteiger partial charge in [-0.1, -0.05) is 0 Å². The van der Waals surface area contributed by atoms with Gasteiger partial charge in [0.05, 0.1) is 5.69 Å². The maximum absolute atomic E-state index is 10.9. The van der Waals surface area contributed by atoms with Gasteiger partial charge in [0.25, 0.3) is 0 Å². The van der Waals surface area contributed by atoms with Crippen LogP contribution in [0.1, 0.15) is 20.7 Å². The van der Waals surface area contributed by atoms with Crippen molar-refractivity contribution in [3.63, 3.8) is 0 Å². The third-order valence-electron chi connectivity index (χ3n) is 1.72. The molecule has 0 aliphatic heterocycles. The molecule has 0 saturated heterocycles. The average Bonchev–Trinajstić information content (AvgIpc) is 2.17. The van der Waals surface area contributed by atoms with E-state index in [-0.39, 0.29) is 11.1 Å². The normalized spacial score (nSPS) is 11.8. The summed E-state index contributed by atoms with van der Waals surface area (Å²) >= 11 is 0. The second-order valence-corrected chi connectivity index (χ2v) is 3.95. The molecule has 1 aromatic carbocycles. The second-order valence-electron chi connectivity index (χ2n) is 2.84. The van der Waals surface area contributed by atoms with E-state index in [0.29, 0.717) is 12.0 Å². The van der Waals surface area contributed by atoms with E-state index in [9.17, 15) is 13.8 Å². The Morgan fingerprint density at radius 3 is 2.67 bits per heavy atom. The van der Waals surface area contributed by atoms with Crippen LogP contribution in [-0.4, -0.2) is 22.7 Å². The summed E-state index contributed by atoms with van der Waals surface area (Å²) in [6.45, 7) is 0. The van der Waals surface area contributed by atoms with Crippen molar-refractivity contribution in [2.24, 2.45) is 5.73 Å². The Hall–Kier alpha value is -1.69. The summed E-state index contributed by atoms with van der Waals surface area (Å²) in [5, 5.41) is 0. The number of carbonyl (C=O) groups is 2. The minimum atomic E-state index is -1.27. The Kier molecular flexibility index (Phi) is 3.56. The quantitative estimate of drug-likeness (QED) is 0.724. The predicted molar refractivity (Wildman–Crippen MR) is 58.0 cm³/mol. The SMILES string of the molecule is CS(=O)Nc1ccc(C(N)=O)cc1C=O. The molecule has 15 heavy (non-hydrogen) atoms. The summed E-state index contributed by atoms with van der Waals surface area (Å²) in [7, 11) is -1.27. The lowest BCUT2D eigenvalue weighted by atomic mass is 10.1. The highest BCUT2D eigenvalue weighted by Gasteiger charge is 2.06. The molecule has 0 heterocycles. The van der Waals surface area contributed by atoms with Gasteiger partial charge >= 0.3 is 0 Å². The fraction of sp³-hybridized carbons (Fsp3) is 0.111. The number of primary amides is 1. The van der Waals surface area contributed by atoms with Gasteiger partial charge in [-0.25, -0.2) is 4.21 Å². The molecule has 0 aliphatic rings. The highest BCUT2D eigenvalue weighted by atomic mass is 32.2. The summed E-state index contributed by atoms with van der Waals surface area (Å²) in [4.78, 5) is 21.5. The maximum Gasteiger partial charge on any atom is 0.248 e. The van der Waals surface area contributed by atoms with E-state index in [0.717, 1.165) is 0 Å². The molecular formula is C9H10N2O3S. The molecule has 5 nitrogen and oxygen atoms in total. The molecule has 1 unspecified atom stereocenters. The molecule has 1 amide bonds. The van der Waals surface area contributed by atoms with Crippen LogP contribution in [0.3, 0.4) is 0 Å². The number of rotatable bonds is 4. The maximum atomic E-state index is 10.9. The third-order valence-corrected chi connectivity index (χ3v) is 2.22. The topological polar surface area (TPSA) is 89.3 Å². The lowest BCUT2D eigenvalue weighted by Crippen LogP contribution is -2.12. The van der Waals surface area contributed by atoms with Gasteiger partial charge in [-0.3, -0.25) is 9.59 Å². The summed E-state index contributed by atoms with van der Waals surface area (Å²) in [6.07, 6.45) is 2.01. The van der Waals surface area contributed by atoms with Crippen molar-refractivity contribution in [3.05, 3.63) is 29.3 Å². The lowest BCUT2D eigenvalue weighted by molar-refractivity contribution is 0.100. The van der Waals surface area contributed by atoms with Crippen LogP contribution in [0.25, 0.3) is 0 Å². The zero-order valence-electron chi connectivity index (χ0n) is 8.02. The van der Waals surface area contributed by atoms with E-state index in [1.165, 1.54) is 24.5 Å². The second kappa shape index (κ2) is 4.70. The van der Waals surface area contributed by atoms with Gasteiger partial charge in [-0.2, -0.15) is 0 Å². The lowest BCUT2D eigenvalue weighted by Gasteiger charge is -2.06. The molecule has 1 aromatic rings. The number of anilines is 1. The van der Waals surface area contributed by atoms with Crippen molar-refractivity contribution in [1.29, 1.82) is 0 Å². The smallest absolute Gasteiger partial charge is 0.248 e. The first-order valence-electron chi connectivity index (χ1n) is 4.03. The number of nitrogens with one attached hydrogen (secondary N) is 1. The first kappa shape index (κ1) is 11.4. The fourth-order valence-electron chi connectivity index (χ4n) is 1.06. The van der Waals surface area contributed by atoms with E-state index < -0.39 is 16.9 Å². The van der Waals surface area contributed by atoms with Gasteiger partial charge in [0.2, 0.25) is 5.91 Å². The summed E-state index contributed by atoms with van der Waals surface area (Å²) < 4.78 is 13.5. The highest BCUT2D eigenvalue weighted by molar-refractivity contribution is 7.85. The molecule has 3 N–H and O–H groups in total. The monoisotopic (exact) mass is 226 g/mol. The van der Waals surface area contributed by atoms with Crippen LogP contribution in [0, 0.1) is 0 Å². The molecule has 0 bridgehead atoms. The van der Waals surface area contributed by atoms with Crippen LogP contribution >= 0.6 is 0 Å². The van der Waals surface area contributed by atoms with Crippen molar-refractivity contribution in [2.45, 2.75) is 0 Å². The van der Waals surface area contributed by atoms with Crippen LogP contribution in [0.2, 0.25) is 0 Å². The molecule has 0 fully saturated rings. The molecular weight excluding hydrogens is 216 g/mol. The molecule has 0 aromatic heterocycles. The van der Waals surface area contributed by atoms with E-state index in [1.807, 2.05) is 0 Å². The summed E-state index contributed by atoms with van der Waals surface area (Å²) in [5.41, 5.74) is 5.96. The Labute approximate surface area is 89.2 Å². The van der Waals surface area contributed by atoms with Gasteiger partial charge in [-0.05, 0) is 18.2 Å². The van der Waals surface area contributed by atoms with Crippen LogP contribution in [-0.2, 0) is 11.0 Å². The average molecular weight is 226 g/mol. The molecule has 0 aliphatic carbocycles. The zero-order valence-corrected chi connectivity index (χ0v) is 8.84. The number of hydrogen-bond donors (Lipinski definition) is 2. The number of amides is 1. The number of aldehydes is 1. The Morgan fingerprint density at radius 1 is 1.53 bits per heavy atom. The van der Waals surface area contributed by atoms with Gasteiger partial charge in [0.15, 0.2) is 6.29 Å². The molecule has 1 rings (SSSR count). The minimum absolute atomic E-state index is 0.240. The highest BCUT2D eigenvalue weighted by Crippen LogP contribution is 2.15. The standard InChI is InChI=1S/C9H10N2O3S/c1-15(14)11-8-3-2-6(9(10)13)4-7(8)5-12/h2-5,11H,1H3,(H2,10,13). The molecule has 80 valence electrons. The number of nitrogens with two attached hydrogens (primary N) is 1. The van der Waals surface area contributed by atoms with E-state index in [2.05, 4.69) is 4.72 Å². The van der Waals surface area contributed by atoms with Crippen molar-refractivity contribution in [1.82, 2.24) is 0 Å². The van der Waals surface area contributed by atoms with Crippen molar-refractivity contribution in [2.75, 3.05) is 11.0 Å². The van der Waals surface area contributed by atoms with Crippen molar-refractivity contribution < 1.29 is 13.8 Å². The predicted octanol–water partition coefficient (Wildman–Crippen LogP) is 0.303. The number of hydrogen-bond acceptors (Lipinski definition) is 3. The molecule has 0 spiro atoms. The van der Waals surface area contributed by atoms with E-state index >= 15 is 0 Å². The van der Waals surface area contributed by atoms with Gasteiger partial charge < -0.3 is 10.5 Å². The Bertz CT molecular complexity index is 431. The first-order valence-corrected chi connectivity index (χ1v) is 5.59. The van der Waals surface area contributed by atoms with Gasteiger partial charge in [0.1, 0.15) is 11.0 Å². The number of carbonyl (C=O) groups excluding carboxylic acids is 2. The Morgan fingerprint density at radius 2 is 2.20 bits per heavy atom. The van der Waals surface area contributed by atoms with Crippen LogP contribution in [0.15, 0.2) is 18.2 Å². The molecule has 1 atom stereocenters. The zero-order chi connectivity index (χ0) is 11.4. The van der Waals surface area contributed by atoms with Crippen molar-refractivity contribution in [3.8, 4) is 0 Å². The van der Waals surface area contributed by atoms with Crippen molar-refractivity contribution >= 4 is 28.9 Å². The third kappa shape index (κ3) is 2.88. The first-order chi connectivity index (χ1) is 7.04. The van der Waals surface area contributed by atoms with Crippen LogP contribution in [0.5, 0.6) is 0 Å². The largest absolute Gasteiger partial charge is 0.366 e. The fourth-order valence-corrected chi connectivity index (χ4v) is 1.56. The minimum Gasteiger partial charge on any atom is -0.366 e. The number of benzene rings is 1. The molecule has 6 heteroatoms.